The van der Waals surface area contributed by atoms with E-state index in [1.807, 2.05) is 31.3 Å². The van der Waals surface area contributed by atoms with Crippen molar-refractivity contribution in [3.63, 3.8) is 0 Å². The molecule has 0 radical (unpaired) electrons. The number of anilines is 2. The molecule has 41 heavy (non-hydrogen) atoms. The third kappa shape index (κ3) is 6.54. The molecule has 0 bridgehead atoms. The predicted octanol–water partition coefficient (Wildman–Crippen LogP) is 9.61. The van der Waals surface area contributed by atoms with Crippen molar-refractivity contribution in [1.29, 1.82) is 0 Å². The van der Waals surface area contributed by atoms with Gasteiger partial charge < -0.3 is 11.1 Å². The van der Waals surface area contributed by atoms with Crippen LogP contribution in [0.3, 0.4) is 0 Å². The molecule has 3 N–H and O–H groups in total. The first-order chi connectivity index (χ1) is 20.1. The van der Waals surface area contributed by atoms with E-state index in [2.05, 4.69) is 128 Å². The molecule has 4 aromatic rings. The molecule has 3 heteroatoms. The van der Waals surface area contributed by atoms with Crippen LogP contribution in [0.15, 0.2) is 140 Å². The number of nitrogen functional groups attached to an aromatic ring is 1. The lowest BCUT2D eigenvalue weighted by Crippen LogP contribution is -1.97. The van der Waals surface area contributed by atoms with E-state index in [0.717, 1.165) is 68.1 Å². The predicted molar refractivity (Wildman–Crippen MR) is 178 cm³/mol. The van der Waals surface area contributed by atoms with Gasteiger partial charge in [-0.2, -0.15) is 0 Å². The zero-order valence-corrected chi connectivity index (χ0v) is 23.6. The first-order valence-electron chi connectivity index (χ1n) is 13.9. The van der Waals surface area contributed by atoms with E-state index in [-0.39, 0.29) is 0 Å². The number of aromatic nitrogens is 1. The van der Waals surface area contributed by atoms with Crippen LogP contribution in [-0.2, 0) is 0 Å². The van der Waals surface area contributed by atoms with Crippen LogP contribution in [0.4, 0.5) is 11.4 Å². The molecule has 3 aromatic carbocycles. The second-order valence-corrected chi connectivity index (χ2v) is 10.0. The Hall–Kier alpha value is -5.15. The van der Waals surface area contributed by atoms with Gasteiger partial charge in [0.25, 0.3) is 0 Å². The van der Waals surface area contributed by atoms with Gasteiger partial charge in [-0.1, -0.05) is 104 Å². The number of nitrogens with zero attached hydrogens (tertiary/aromatic N) is 1. The molecule has 0 amide bonds. The van der Waals surface area contributed by atoms with Crippen molar-refractivity contribution >= 4 is 28.1 Å². The Morgan fingerprint density at radius 2 is 1.66 bits per heavy atom. The number of hydrogen-bond donors (Lipinski definition) is 2. The fraction of sp³-hybridized carbons (Fsp3) is 0.0789. The van der Waals surface area contributed by atoms with Crippen molar-refractivity contribution < 1.29 is 0 Å². The van der Waals surface area contributed by atoms with Crippen LogP contribution in [0.25, 0.3) is 39.1 Å². The Morgan fingerprint density at radius 1 is 0.854 bits per heavy atom. The van der Waals surface area contributed by atoms with E-state index in [4.69, 9.17) is 10.7 Å². The summed E-state index contributed by atoms with van der Waals surface area (Å²) in [4.78, 5) is 5.18. The molecule has 1 heterocycles. The summed E-state index contributed by atoms with van der Waals surface area (Å²) in [6.07, 6.45) is 17.5. The molecule has 0 atom stereocenters. The highest BCUT2D eigenvalue weighted by Gasteiger charge is 2.13. The van der Waals surface area contributed by atoms with Crippen molar-refractivity contribution in [2.24, 2.45) is 0 Å². The Morgan fingerprint density at radius 3 is 2.46 bits per heavy atom. The monoisotopic (exact) mass is 533 g/mol. The van der Waals surface area contributed by atoms with Crippen molar-refractivity contribution in [3.05, 3.63) is 157 Å². The Bertz CT molecular complexity index is 1720. The molecule has 1 aliphatic carbocycles. The number of nitrogens with two attached hydrogens (primary N) is 1. The van der Waals surface area contributed by atoms with Gasteiger partial charge in [0.05, 0.1) is 11.4 Å². The Balaban J connectivity index is 1.64. The van der Waals surface area contributed by atoms with E-state index < -0.39 is 0 Å². The summed E-state index contributed by atoms with van der Waals surface area (Å²) in [5.74, 6) is 0. The topological polar surface area (TPSA) is 50.9 Å². The highest BCUT2D eigenvalue weighted by molar-refractivity contribution is 5.86. The fourth-order valence-corrected chi connectivity index (χ4v) is 4.95. The minimum Gasteiger partial charge on any atom is -0.398 e. The lowest BCUT2D eigenvalue weighted by atomic mass is 9.95. The molecule has 0 fully saturated rings. The summed E-state index contributed by atoms with van der Waals surface area (Å²) in [7, 11) is 1.92. The minimum atomic E-state index is 0.743. The normalized spacial score (nSPS) is 13.5. The smallest absolute Gasteiger partial charge is 0.0715 e. The third-order valence-corrected chi connectivity index (χ3v) is 7.19. The van der Waals surface area contributed by atoms with Gasteiger partial charge in [-0.05, 0) is 83.2 Å². The van der Waals surface area contributed by atoms with Crippen LogP contribution in [0.5, 0.6) is 0 Å². The summed E-state index contributed by atoms with van der Waals surface area (Å²) >= 11 is 0. The average molecular weight is 534 g/mol. The van der Waals surface area contributed by atoms with Crippen LogP contribution in [0.2, 0.25) is 0 Å². The van der Waals surface area contributed by atoms with Gasteiger partial charge >= 0.3 is 0 Å². The summed E-state index contributed by atoms with van der Waals surface area (Å²) in [6.45, 7) is 6.10. The third-order valence-electron chi connectivity index (χ3n) is 7.19. The van der Waals surface area contributed by atoms with Crippen LogP contribution >= 0.6 is 0 Å². The zero-order valence-electron chi connectivity index (χ0n) is 23.6. The minimum absolute atomic E-state index is 0.743. The van der Waals surface area contributed by atoms with Crippen LogP contribution < -0.4 is 11.1 Å². The maximum Gasteiger partial charge on any atom is 0.0715 e. The molecule has 0 aliphatic heterocycles. The van der Waals surface area contributed by atoms with Gasteiger partial charge in [0.2, 0.25) is 0 Å². The van der Waals surface area contributed by atoms with Gasteiger partial charge in [-0.3, -0.25) is 0 Å². The largest absolute Gasteiger partial charge is 0.398 e. The van der Waals surface area contributed by atoms with Crippen LogP contribution in [0.1, 0.15) is 30.2 Å². The lowest BCUT2D eigenvalue weighted by molar-refractivity contribution is 1.23. The molecular formula is C38H35N3. The van der Waals surface area contributed by atoms with Crippen molar-refractivity contribution in [1.82, 2.24) is 4.98 Å². The number of benzene rings is 3. The van der Waals surface area contributed by atoms with E-state index in [1.165, 1.54) is 5.57 Å². The first kappa shape index (κ1) is 27.4. The summed E-state index contributed by atoms with van der Waals surface area (Å²) < 4.78 is 0. The van der Waals surface area contributed by atoms with Gasteiger partial charge in [-0.25, -0.2) is 4.98 Å². The number of hydrogen-bond acceptors (Lipinski definition) is 3. The number of pyridine rings is 1. The number of nitrogens with one attached hydrogen (secondary N) is 1. The lowest BCUT2D eigenvalue weighted by Gasteiger charge is -2.14. The van der Waals surface area contributed by atoms with Gasteiger partial charge in [-0.15, -0.1) is 0 Å². The SMILES string of the molecule is C=C/C=C(\C=C(/C)c1cc(C2=CC=CC=CC2)nc(-c2cccc(-c3cc(NC)ccc3N)c2)c1)c1ccccc1. The van der Waals surface area contributed by atoms with Crippen molar-refractivity contribution in [2.45, 2.75) is 13.3 Å². The van der Waals surface area contributed by atoms with Gasteiger partial charge in [0.15, 0.2) is 0 Å². The molecule has 5 rings (SSSR count). The highest BCUT2D eigenvalue weighted by Crippen LogP contribution is 2.34. The highest BCUT2D eigenvalue weighted by atomic mass is 14.8. The molecule has 1 aromatic heterocycles. The molecule has 3 nitrogen and oxygen atoms in total. The molecule has 0 saturated carbocycles. The maximum absolute atomic E-state index is 6.40. The van der Waals surface area contributed by atoms with Gasteiger partial charge in [0.1, 0.15) is 0 Å². The summed E-state index contributed by atoms with van der Waals surface area (Å²) in [5, 5.41) is 3.21. The zero-order chi connectivity index (χ0) is 28.6. The van der Waals surface area contributed by atoms with E-state index >= 15 is 0 Å². The van der Waals surface area contributed by atoms with Gasteiger partial charge in [0, 0.05) is 29.5 Å². The average Bonchev–Trinajstić information content (AvgIpc) is 3.31. The standard InChI is InChI=1S/C38H35N3/c1-4-13-30(28-14-10-7-11-15-28)22-27(2)33-24-37(29-16-8-5-6-9-17-29)41-38(25-33)32-19-12-18-31(23-32)35-26-34(40-3)20-21-36(35)39/h4-16,18-26,40H,1,17,39H2,2-3H3/b27-22+,30-13+. The Kier molecular flexibility index (Phi) is 8.56. The van der Waals surface area contributed by atoms with Crippen molar-refractivity contribution in [3.8, 4) is 22.4 Å². The number of rotatable bonds is 8. The maximum atomic E-state index is 6.40. The van der Waals surface area contributed by atoms with E-state index in [0.29, 0.717) is 0 Å². The molecule has 0 spiro atoms. The summed E-state index contributed by atoms with van der Waals surface area (Å²) in [5.41, 5.74) is 18.8. The first-order valence-corrected chi connectivity index (χ1v) is 13.9. The molecular weight excluding hydrogens is 498 g/mol. The molecule has 0 unspecified atom stereocenters. The van der Waals surface area contributed by atoms with E-state index in [1.54, 1.807) is 0 Å². The molecule has 1 aliphatic rings. The molecule has 202 valence electrons. The summed E-state index contributed by atoms with van der Waals surface area (Å²) in [6, 6.07) is 29.3. The van der Waals surface area contributed by atoms with Crippen LogP contribution in [0, 0.1) is 0 Å². The van der Waals surface area contributed by atoms with Crippen molar-refractivity contribution in [2.75, 3.05) is 18.1 Å². The number of allylic oxidation sites excluding steroid dienone is 11. The van der Waals surface area contributed by atoms with E-state index in [9.17, 15) is 0 Å². The van der Waals surface area contributed by atoms with Crippen LogP contribution in [-0.4, -0.2) is 12.0 Å². The second-order valence-electron chi connectivity index (χ2n) is 10.0. The fourth-order valence-electron chi connectivity index (χ4n) is 4.95. The molecule has 0 saturated heterocycles. The Labute approximate surface area is 243 Å². The second kappa shape index (κ2) is 12.8. The quantitative estimate of drug-likeness (QED) is 0.175.